The number of amides is 1. The number of carbonyl (C=O) groups is 2. The smallest absolute Gasteiger partial charge is 0.311 e. The van der Waals surface area contributed by atoms with E-state index in [9.17, 15) is 9.59 Å². The van der Waals surface area contributed by atoms with E-state index < -0.39 is 18.0 Å². The van der Waals surface area contributed by atoms with Crippen LogP contribution in [-0.2, 0) is 27.3 Å². The van der Waals surface area contributed by atoms with Gasteiger partial charge >= 0.3 is 5.97 Å². The average Bonchev–Trinajstić information content (AvgIpc) is 3.14. The first-order chi connectivity index (χ1) is 12.4. The van der Waals surface area contributed by atoms with Crippen LogP contribution >= 0.6 is 15.9 Å². The van der Waals surface area contributed by atoms with E-state index in [1.807, 2.05) is 0 Å². The molecule has 1 aromatic carbocycles. The second-order valence-electron chi connectivity index (χ2n) is 5.40. The Kier molecular flexibility index (Phi) is 7.08. The Balaban J connectivity index is 1.92. The minimum Gasteiger partial charge on any atom is -0.493 e. The molecular weight excluding hydrogens is 406 g/mol. The van der Waals surface area contributed by atoms with E-state index in [0.29, 0.717) is 27.3 Å². The van der Waals surface area contributed by atoms with Gasteiger partial charge in [-0.1, -0.05) is 15.9 Å². The molecule has 0 unspecified atom stereocenters. The number of benzene rings is 1. The predicted molar refractivity (Wildman–Crippen MR) is 97.1 cm³/mol. The summed E-state index contributed by atoms with van der Waals surface area (Å²) in [7, 11) is 3.04. The molecule has 1 amide bonds. The maximum atomic E-state index is 12.2. The van der Waals surface area contributed by atoms with Crippen LogP contribution in [0.4, 0.5) is 0 Å². The number of carbonyl (C=O) groups excluding carboxylic acids is 2. The Morgan fingerprint density at radius 1 is 1.23 bits per heavy atom. The van der Waals surface area contributed by atoms with Gasteiger partial charge in [0.2, 0.25) is 0 Å². The van der Waals surface area contributed by atoms with Crippen molar-refractivity contribution in [3.8, 4) is 11.5 Å². The van der Waals surface area contributed by atoms with Crippen molar-refractivity contribution in [2.24, 2.45) is 0 Å². The average molecular weight is 426 g/mol. The zero-order valence-electron chi connectivity index (χ0n) is 14.7. The fourth-order valence-corrected chi connectivity index (χ4v) is 2.67. The topological polar surface area (TPSA) is 87.0 Å². The van der Waals surface area contributed by atoms with Gasteiger partial charge in [-0.15, -0.1) is 0 Å². The second-order valence-corrected chi connectivity index (χ2v) is 6.26. The van der Waals surface area contributed by atoms with Crippen molar-refractivity contribution in [1.82, 2.24) is 5.32 Å². The quantitative estimate of drug-likeness (QED) is 0.654. The van der Waals surface area contributed by atoms with Crippen LogP contribution in [-0.4, -0.2) is 32.2 Å². The molecule has 0 aliphatic carbocycles. The number of hydrogen-bond acceptors (Lipinski definition) is 6. The lowest BCUT2D eigenvalue weighted by Gasteiger charge is -2.14. The van der Waals surface area contributed by atoms with Crippen LogP contribution in [0.1, 0.15) is 18.2 Å². The molecule has 0 fully saturated rings. The predicted octanol–water partition coefficient (Wildman–Crippen LogP) is 2.85. The van der Waals surface area contributed by atoms with Gasteiger partial charge in [-0.2, -0.15) is 0 Å². The Labute approximate surface area is 159 Å². The fourth-order valence-electron chi connectivity index (χ4n) is 2.21. The van der Waals surface area contributed by atoms with Crippen molar-refractivity contribution in [2.75, 3.05) is 14.2 Å². The number of halogens is 1. The fraction of sp³-hybridized carbons (Fsp3) is 0.333. The van der Waals surface area contributed by atoms with Crippen LogP contribution in [0.25, 0.3) is 0 Å². The normalized spacial score (nSPS) is 11.5. The molecule has 2 rings (SSSR count). The van der Waals surface area contributed by atoms with Gasteiger partial charge in [0.15, 0.2) is 17.6 Å². The number of rotatable bonds is 8. The SMILES string of the molecule is COc1cc(Br)c(CC(=O)O[C@H](C)C(=O)NCc2ccco2)cc1OC. The lowest BCUT2D eigenvalue weighted by Crippen LogP contribution is -2.35. The first-order valence-electron chi connectivity index (χ1n) is 7.84. The molecule has 0 aliphatic heterocycles. The summed E-state index contributed by atoms with van der Waals surface area (Å²) in [4.78, 5) is 24.2. The van der Waals surface area contributed by atoms with Crippen molar-refractivity contribution >= 4 is 27.8 Å². The minimum atomic E-state index is -0.920. The third-order valence-electron chi connectivity index (χ3n) is 3.58. The molecule has 8 heteroatoms. The zero-order valence-corrected chi connectivity index (χ0v) is 16.3. The van der Waals surface area contributed by atoms with E-state index in [1.54, 1.807) is 24.3 Å². The number of ether oxygens (including phenoxy) is 3. The summed E-state index contributed by atoms with van der Waals surface area (Å²) in [6.45, 7) is 1.74. The zero-order chi connectivity index (χ0) is 19.1. The first-order valence-corrected chi connectivity index (χ1v) is 8.63. The molecule has 0 aliphatic rings. The molecule has 1 heterocycles. The number of nitrogens with one attached hydrogen (secondary N) is 1. The number of hydrogen-bond donors (Lipinski definition) is 1. The van der Waals surface area contributed by atoms with Gasteiger partial charge in [0.1, 0.15) is 5.76 Å². The van der Waals surface area contributed by atoms with Crippen molar-refractivity contribution in [1.29, 1.82) is 0 Å². The van der Waals surface area contributed by atoms with Crippen LogP contribution in [0, 0.1) is 0 Å². The highest BCUT2D eigenvalue weighted by atomic mass is 79.9. The molecule has 140 valence electrons. The Hall–Kier alpha value is -2.48. The van der Waals surface area contributed by atoms with Crippen LogP contribution in [0.2, 0.25) is 0 Å². The molecule has 0 saturated heterocycles. The summed E-state index contributed by atoms with van der Waals surface area (Å²) >= 11 is 3.39. The summed E-state index contributed by atoms with van der Waals surface area (Å²) < 4.78 is 21.4. The number of esters is 1. The van der Waals surface area contributed by atoms with E-state index in [0.717, 1.165) is 0 Å². The summed E-state index contributed by atoms with van der Waals surface area (Å²) in [5.74, 6) is 0.732. The monoisotopic (exact) mass is 425 g/mol. The highest BCUT2D eigenvalue weighted by Crippen LogP contribution is 2.33. The maximum Gasteiger partial charge on any atom is 0.311 e. The van der Waals surface area contributed by atoms with Crippen LogP contribution in [0.5, 0.6) is 11.5 Å². The van der Waals surface area contributed by atoms with Crippen molar-refractivity contribution in [2.45, 2.75) is 26.0 Å². The summed E-state index contributed by atoms with van der Waals surface area (Å²) in [5.41, 5.74) is 0.663. The number of furan rings is 1. The largest absolute Gasteiger partial charge is 0.493 e. The van der Waals surface area contributed by atoms with Gasteiger partial charge in [0.05, 0.1) is 33.4 Å². The van der Waals surface area contributed by atoms with Gasteiger partial charge in [0.25, 0.3) is 5.91 Å². The van der Waals surface area contributed by atoms with Crippen LogP contribution < -0.4 is 14.8 Å². The molecule has 7 nitrogen and oxygen atoms in total. The van der Waals surface area contributed by atoms with Gasteiger partial charge in [0, 0.05) is 4.47 Å². The molecule has 1 aromatic heterocycles. The van der Waals surface area contributed by atoms with E-state index in [1.165, 1.54) is 27.4 Å². The Morgan fingerprint density at radius 3 is 2.54 bits per heavy atom. The molecule has 26 heavy (non-hydrogen) atoms. The molecule has 0 bridgehead atoms. The lowest BCUT2D eigenvalue weighted by molar-refractivity contribution is -0.154. The Morgan fingerprint density at radius 2 is 1.92 bits per heavy atom. The molecular formula is C18H20BrNO6. The van der Waals surface area contributed by atoms with Crippen molar-refractivity contribution in [3.05, 3.63) is 46.3 Å². The molecule has 1 N–H and O–H groups in total. The molecule has 0 spiro atoms. The maximum absolute atomic E-state index is 12.2. The third kappa shape index (κ3) is 5.26. The minimum absolute atomic E-state index is 0.0171. The number of methoxy groups -OCH3 is 2. The van der Waals surface area contributed by atoms with Gasteiger partial charge in [-0.05, 0) is 36.8 Å². The highest BCUT2D eigenvalue weighted by Gasteiger charge is 2.19. The van der Waals surface area contributed by atoms with Crippen LogP contribution in [0.15, 0.2) is 39.4 Å². The van der Waals surface area contributed by atoms with Crippen molar-refractivity contribution < 1.29 is 28.2 Å². The van der Waals surface area contributed by atoms with E-state index >= 15 is 0 Å². The van der Waals surface area contributed by atoms with E-state index in [-0.39, 0.29) is 13.0 Å². The summed E-state index contributed by atoms with van der Waals surface area (Å²) in [6, 6.07) is 6.87. The summed E-state index contributed by atoms with van der Waals surface area (Å²) in [6.07, 6.45) is 0.583. The van der Waals surface area contributed by atoms with Gasteiger partial charge in [-0.25, -0.2) is 0 Å². The van der Waals surface area contributed by atoms with E-state index in [4.69, 9.17) is 18.6 Å². The highest BCUT2D eigenvalue weighted by molar-refractivity contribution is 9.10. The molecule has 2 aromatic rings. The van der Waals surface area contributed by atoms with Crippen LogP contribution in [0.3, 0.4) is 0 Å². The summed E-state index contributed by atoms with van der Waals surface area (Å²) in [5, 5.41) is 2.64. The van der Waals surface area contributed by atoms with Gasteiger partial charge in [-0.3, -0.25) is 9.59 Å². The third-order valence-corrected chi connectivity index (χ3v) is 4.32. The van der Waals surface area contributed by atoms with E-state index in [2.05, 4.69) is 21.2 Å². The second kappa shape index (κ2) is 9.28. The lowest BCUT2D eigenvalue weighted by atomic mass is 10.1. The van der Waals surface area contributed by atoms with Gasteiger partial charge < -0.3 is 23.9 Å². The standard InChI is InChI=1S/C18H20BrNO6/c1-11(18(22)20-10-13-5-4-6-25-13)26-17(21)8-12-7-15(23-2)16(24-3)9-14(12)19/h4-7,9,11H,8,10H2,1-3H3,(H,20,22)/t11-/m1/s1. The van der Waals surface area contributed by atoms with Crippen molar-refractivity contribution in [3.63, 3.8) is 0 Å². The molecule has 0 radical (unpaired) electrons. The molecule has 0 saturated carbocycles. The Bertz CT molecular complexity index is 759. The first kappa shape index (κ1) is 19.8. The molecule has 1 atom stereocenters.